The first-order chi connectivity index (χ1) is 17.9. The minimum absolute atomic E-state index is 0.00892. The van der Waals surface area contributed by atoms with Gasteiger partial charge in [-0.1, -0.05) is 32.0 Å². The fraction of sp³-hybridized carbons (Fsp3) is 0.480. The topological polar surface area (TPSA) is 230 Å². The van der Waals surface area contributed by atoms with Crippen LogP contribution in [0.1, 0.15) is 38.7 Å². The number of hydrogen-bond acceptors (Lipinski definition) is 7. The molecule has 0 fully saturated rings. The Labute approximate surface area is 219 Å². The molecule has 13 heteroatoms. The number of carboxylic acid groups (broad SMARTS) is 1. The van der Waals surface area contributed by atoms with Crippen LogP contribution in [-0.4, -0.2) is 75.6 Å². The summed E-state index contributed by atoms with van der Waals surface area (Å²) in [6.45, 7) is 2.77. The number of nitrogens with one attached hydrogen (secondary N) is 4. The summed E-state index contributed by atoms with van der Waals surface area (Å²) in [4.78, 5) is 64.3. The van der Waals surface area contributed by atoms with Crippen LogP contribution >= 0.6 is 0 Å². The second kappa shape index (κ2) is 14.1. The predicted octanol–water partition coefficient (Wildman–Crippen LogP) is -1.12. The molecule has 4 unspecified atom stereocenters. The van der Waals surface area contributed by atoms with Crippen molar-refractivity contribution in [3.8, 4) is 0 Å². The van der Waals surface area contributed by atoms with E-state index in [1.165, 1.54) is 0 Å². The number of fused-ring (bicyclic) bond motifs is 1. The highest BCUT2D eigenvalue weighted by Crippen LogP contribution is 2.19. The number of carbonyl (C=O) groups is 5. The molecule has 0 spiro atoms. The summed E-state index contributed by atoms with van der Waals surface area (Å²) in [5.74, 6) is -4.30. The molecule has 0 bridgehead atoms. The Balaban J connectivity index is 2.22. The average molecular weight is 533 g/mol. The molecule has 1 heterocycles. The lowest BCUT2D eigenvalue weighted by Gasteiger charge is -2.24. The molecule has 0 saturated carbocycles. The maximum atomic E-state index is 13.2. The van der Waals surface area contributed by atoms with Crippen molar-refractivity contribution < 1.29 is 34.2 Å². The molecule has 1 aromatic heterocycles. The highest BCUT2D eigenvalue weighted by molar-refractivity contribution is 5.95. The number of aromatic amines is 1. The number of H-pyrrole nitrogens is 1. The van der Waals surface area contributed by atoms with Gasteiger partial charge in [-0.15, -0.1) is 0 Å². The van der Waals surface area contributed by atoms with Crippen LogP contribution in [0.3, 0.4) is 0 Å². The smallest absolute Gasteiger partial charge is 0.326 e. The second-order valence-electron chi connectivity index (χ2n) is 9.51. The molecule has 0 aliphatic heterocycles. The Kier molecular flexibility index (Phi) is 11.2. The molecule has 10 N–H and O–H groups in total. The van der Waals surface area contributed by atoms with Gasteiger partial charge in [-0.3, -0.25) is 19.2 Å². The van der Waals surface area contributed by atoms with Crippen molar-refractivity contribution in [1.82, 2.24) is 20.9 Å². The number of carbonyl (C=O) groups excluding carboxylic acids is 4. The molecule has 0 aliphatic carbocycles. The van der Waals surface area contributed by atoms with Crippen LogP contribution in [-0.2, 0) is 30.4 Å². The van der Waals surface area contributed by atoms with Crippen molar-refractivity contribution in [2.24, 2.45) is 17.4 Å². The van der Waals surface area contributed by atoms with Crippen molar-refractivity contribution in [1.29, 1.82) is 0 Å². The van der Waals surface area contributed by atoms with Crippen LogP contribution < -0.4 is 27.4 Å². The summed E-state index contributed by atoms with van der Waals surface area (Å²) in [6, 6.07) is 2.31. The zero-order valence-corrected chi connectivity index (χ0v) is 21.4. The standard InChI is InChI=1S/C25H36N6O7/c1-13(2)9-19(25(37)38)30-24(36)20(12-32)31-23(35)18(29-22(34)16(26)7-8-21(27)33)10-14-11-28-17-6-4-3-5-15(14)17/h3-6,11,13,16,18-20,28,32H,7-10,12,26H2,1-2H3,(H2,27,33)(H,29,34)(H,30,36)(H,31,35)(H,37,38). The number of benzene rings is 1. The predicted molar refractivity (Wildman–Crippen MR) is 138 cm³/mol. The average Bonchev–Trinajstić information content (AvgIpc) is 3.27. The number of nitrogens with two attached hydrogens (primary N) is 2. The number of rotatable bonds is 15. The molecule has 208 valence electrons. The minimum atomic E-state index is -1.47. The minimum Gasteiger partial charge on any atom is -0.480 e. The van der Waals surface area contributed by atoms with Crippen LogP contribution in [0.4, 0.5) is 0 Å². The number of aliphatic hydroxyl groups is 1. The number of aromatic nitrogens is 1. The fourth-order valence-electron chi connectivity index (χ4n) is 3.87. The molecule has 38 heavy (non-hydrogen) atoms. The Morgan fingerprint density at radius 2 is 1.55 bits per heavy atom. The van der Waals surface area contributed by atoms with Gasteiger partial charge in [0.1, 0.15) is 18.1 Å². The van der Waals surface area contributed by atoms with E-state index in [2.05, 4.69) is 20.9 Å². The highest BCUT2D eigenvalue weighted by atomic mass is 16.4. The zero-order chi connectivity index (χ0) is 28.4. The van der Waals surface area contributed by atoms with E-state index >= 15 is 0 Å². The monoisotopic (exact) mass is 532 g/mol. The van der Waals surface area contributed by atoms with Crippen molar-refractivity contribution in [3.05, 3.63) is 36.0 Å². The lowest BCUT2D eigenvalue weighted by atomic mass is 10.0. The molecule has 2 aromatic rings. The van der Waals surface area contributed by atoms with Gasteiger partial charge < -0.3 is 42.6 Å². The van der Waals surface area contributed by atoms with Crippen molar-refractivity contribution in [2.45, 2.75) is 63.7 Å². The Bertz CT molecular complexity index is 1150. The molecule has 0 aliphatic rings. The Hall–Kier alpha value is -3.97. The molecule has 13 nitrogen and oxygen atoms in total. The molecule has 0 saturated heterocycles. The van der Waals surface area contributed by atoms with E-state index in [4.69, 9.17) is 11.5 Å². The second-order valence-corrected chi connectivity index (χ2v) is 9.51. The van der Waals surface area contributed by atoms with E-state index in [-0.39, 0.29) is 31.6 Å². The quantitative estimate of drug-likeness (QED) is 0.140. The molecule has 1 aromatic carbocycles. The van der Waals surface area contributed by atoms with E-state index in [0.717, 1.165) is 10.9 Å². The third-order valence-corrected chi connectivity index (χ3v) is 5.91. The van der Waals surface area contributed by atoms with Gasteiger partial charge in [0.2, 0.25) is 23.6 Å². The van der Waals surface area contributed by atoms with Gasteiger partial charge in [0, 0.05) is 29.9 Å². The van der Waals surface area contributed by atoms with Crippen molar-refractivity contribution >= 4 is 40.5 Å². The van der Waals surface area contributed by atoms with E-state index in [1.807, 2.05) is 24.3 Å². The molecular formula is C25H36N6O7. The van der Waals surface area contributed by atoms with Gasteiger partial charge in [0.15, 0.2) is 0 Å². The van der Waals surface area contributed by atoms with Crippen molar-refractivity contribution in [2.75, 3.05) is 6.61 Å². The fourth-order valence-corrected chi connectivity index (χ4v) is 3.87. The van der Waals surface area contributed by atoms with E-state index in [1.54, 1.807) is 20.0 Å². The number of amides is 4. The van der Waals surface area contributed by atoms with Crippen LogP contribution in [0.5, 0.6) is 0 Å². The van der Waals surface area contributed by atoms with Gasteiger partial charge in [0.05, 0.1) is 12.6 Å². The first-order valence-electron chi connectivity index (χ1n) is 12.3. The maximum Gasteiger partial charge on any atom is 0.326 e. The van der Waals surface area contributed by atoms with Gasteiger partial charge >= 0.3 is 5.97 Å². The Morgan fingerprint density at radius 3 is 2.16 bits per heavy atom. The number of para-hydroxylation sites is 1. The van der Waals surface area contributed by atoms with Gasteiger partial charge in [-0.05, 0) is 30.4 Å². The normalized spacial score (nSPS) is 14.3. The SMILES string of the molecule is CC(C)CC(NC(=O)C(CO)NC(=O)C(Cc1c[nH]c2ccccc12)NC(=O)C(N)CCC(N)=O)C(=O)O. The van der Waals surface area contributed by atoms with Gasteiger partial charge in [0.25, 0.3) is 0 Å². The number of aliphatic hydroxyl groups excluding tert-OH is 1. The van der Waals surface area contributed by atoms with Gasteiger partial charge in [-0.25, -0.2) is 4.79 Å². The van der Waals surface area contributed by atoms with E-state index in [9.17, 15) is 34.2 Å². The van der Waals surface area contributed by atoms with E-state index in [0.29, 0.717) is 5.56 Å². The van der Waals surface area contributed by atoms with Crippen LogP contribution in [0.2, 0.25) is 0 Å². The molecule has 2 rings (SSSR count). The first-order valence-corrected chi connectivity index (χ1v) is 12.3. The lowest BCUT2D eigenvalue weighted by molar-refractivity contribution is -0.143. The molecule has 4 amide bonds. The Morgan fingerprint density at radius 1 is 0.947 bits per heavy atom. The summed E-state index contributed by atoms with van der Waals surface area (Å²) >= 11 is 0. The highest BCUT2D eigenvalue weighted by Gasteiger charge is 2.31. The maximum absolute atomic E-state index is 13.2. The molecule has 0 radical (unpaired) electrons. The third kappa shape index (κ3) is 8.85. The first kappa shape index (κ1) is 30.3. The van der Waals surface area contributed by atoms with Gasteiger partial charge in [-0.2, -0.15) is 0 Å². The number of primary amides is 1. The van der Waals surface area contributed by atoms with Crippen LogP contribution in [0.15, 0.2) is 30.5 Å². The van der Waals surface area contributed by atoms with Crippen LogP contribution in [0, 0.1) is 5.92 Å². The zero-order valence-electron chi connectivity index (χ0n) is 21.4. The summed E-state index contributed by atoms with van der Waals surface area (Å²) in [5.41, 5.74) is 12.5. The summed E-state index contributed by atoms with van der Waals surface area (Å²) in [7, 11) is 0. The summed E-state index contributed by atoms with van der Waals surface area (Å²) in [6.07, 6.45) is 1.69. The summed E-state index contributed by atoms with van der Waals surface area (Å²) < 4.78 is 0. The lowest BCUT2D eigenvalue weighted by Crippen LogP contribution is -2.58. The van der Waals surface area contributed by atoms with Crippen LogP contribution in [0.25, 0.3) is 10.9 Å². The number of aliphatic carboxylic acids is 1. The number of hydrogen-bond donors (Lipinski definition) is 8. The third-order valence-electron chi connectivity index (χ3n) is 5.91. The van der Waals surface area contributed by atoms with E-state index < -0.39 is 60.4 Å². The summed E-state index contributed by atoms with van der Waals surface area (Å²) in [5, 5.41) is 27.2. The van der Waals surface area contributed by atoms with Crippen molar-refractivity contribution in [3.63, 3.8) is 0 Å². The molecule has 4 atom stereocenters. The largest absolute Gasteiger partial charge is 0.480 e. The molecular weight excluding hydrogens is 496 g/mol. The number of carboxylic acids is 1.